The van der Waals surface area contributed by atoms with Gasteiger partial charge in [0.25, 0.3) is 0 Å². The first-order chi connectivity index (χ1) is 11.5. The molecule has 6 nitrogen and oxygen atoms in total. The van der Waals surface area contributed by atoms with Crippen molar-refractivity contribution in [1.82, 2.24) is 24.9 Å². The molecule has 0 spiro atoms. The van der Waals surface area contributed by atoms with E-state index in [1.807, 2.05) is 13.1 Å². The molecule has 0 saturated carbocycles. The largest absolute Gasteiger partial charge is 0.340 e. The number of hydrogen-bond donors (Lipinski definition) is 0. The Morgan fingerprint density at radius 2 is 2.33 bits per heavy atom. The molecular weight excluding hydrogens is 333 g/mol. The Bertz CT molecular complexity index is 682. The van der Waals surface area contributed by atoms with E-state index < -0.39 is 6.17 Å². The minimum atomic E-state index is -0.819. The molecule has 1 aliphatic heterocycles. The van der Waals surface area contributed by atoms with Gasteiger partial charge in [-0.05, 0) is 25.1 Å². The molecule has 0 radical (unpaired) electrons. The zero-order valence-corrected chi connectivity index (χ0v) is 14.6. The molecule has 3 heterocycles. The van der Waals surface area contributed by atoms with Crippen LogP contribution in [0.3, 0.4) is 0 Å². The van der Waals surface area contributed by atoms with Gasteiger partial charge in [0.15, 0.2) is 5.82 Å². The average Bonchev–Trinajstić information content (AvgIpc) is 3.08. The van der Waals surface area contributed by atoms with Crippen LogP contribution in [0.15, 0.2) is 23.0 Å². The lowest BCUT2D eigenvalue weighted by Crippen LogP contribution is -2.38. The molecule has 1 aliphatic rings. The normalized spacial score (nSPS) is 21.7. The first kappa shape index (κ1) is 17.3. The Kier molecular flexibility index (Phi) is 5.43. The van der Waals surface area contributed by atoms with Gasteiger partial charge < -0.3 is 9.42 Å². The highest BCUT2D eigenvalue weighted by Crippen LogP contribution is 2.24. The molecule has 2 aromatic heterocycles. The minimum Gasteiger partial charge on any atom is -0.340 e. The van der Waals surface area contributed by atoms with Gasteiger partial charge in [0, 0.05) is 45.0 Å². The van der Waals surface area contributed by atoms with Gasteiger partial charge in [-0.3, -0.25) is 9.88 Å². The third-order valence-corrected chi connectivity index (χ3v) is 4.55. The van der Waals surface area contributed by atoms with Gasteiger partial charge in [-0.25, -0.2) is 4.39 Å². The fraction of sp³-hybridized carbons (Fsp3) is 0.562. The van der Waals surface area contributed by atoms with Crippen LogP contribution in [-0.2, 0) is 13.1 Å². The summed E-state index contributed by atoms with van der Waals surface area (Å²) in [6.07, 6.45) is 3.07. The van der Waals surface area contributed by atoms with Crippen molar-refractivity contribution in [2.24, 2.45) is 0 Å². The summed E-state index contributed by atoms with van der Waals surface area (Å²) in [6, 6.07) is 2.02. The highest BCUT2D eigenvalue weighted by Gasteiger charge is 2.33. The molecule has 0 aliphatic carbocycles. The monoisotopic (exact) mass is 353 g/mol. The second kappa shape index (κ2) is 7.55. The maximum absolute atomic E-state index is 13.9. The van der Waals surface area contributed by atoms with Crippen molar-refractivity contribution < 1.29 is 8.91 Å². The molecule has 0 aromatic carbocycles. The summed E-state index contributed by atoms with van der Waals surface area (Å²) in [7, 11) is 2.01. The number of rotatable bonds is 6. The molecule has 0 N–H and O–H groups in total. The van der Waals surface area contributed by atoms with E-state index in [0.717, 1.165) is 12.1 Å². The Morgan fingerprint density at radius 3 is 3.04 bits per heavy atom. The predicted molar refractivity (Wildman–Crippen MR) is 88.3 cm³/mol. The van der Waals surface area contributed by atoms with Gasteiger partial charge in [-0.1, -0.05) is 16.8 Å². The summed E-state index contributed by atoms with van der Waals surface area (Å²) in [5.74, 6) is 1.13. The summed E-state index contributed by atoms with van der Waals surface area (Å²) < 4.78 is 18.9. The van der Waals surface area contributed by atoms with Crippen molar-refractivity contribution in [2.45, 2.75) is 38.6 Å². The molecule has 1 fully saturated rings. The maximum Gasteiger partial charge on any atom is 0.223 e. The van der Waals surface area contributed by atoms with Crippen LogP contribution in [0.2, 0.25) is 5.02 Å². The first-order valence-electron chi connectivity index (χ1n) is 7.95. The third kappa shape index (κ3) is 4.28. The third-order valence-electron chi connectivity index (χ3n) is 4.21. The number of likely N-dealkylation sites (N-methyl/N-ethyl adjacent to an activating group) is 1. The van der Waals surface area contributed by atoms with E-state index in [0.29, 0.717) is 42.8 Å². The number of aryl methyl sites for hydroxylation is 1. The highest BCUT2D eigenvalue weighted by molar-refractivity contribution is 6.31. The number of hydrogen-bond acceptors (Lipinski definition) is 6. The summed E-state index contributed by atoms with van der Waals surface area (Å²) in [6.45, 7) is 4.11. The molecule has 0 unspecified atom stereocenters. The van der Waals surface area contributed by atoms with E-state index in [9.17, 15) is 4.39 Å². The minimum absolute atomic E-state index is 0.115. The average molecular weight is 354 g/mol. The lowest BCUT2D eigenvalue weighted by Gasteiger charge is -2.27. The smallest absolute Gasteiger partial charge is 0.223 e. The second-order valence-corrected chi connectivity index (χ2v) is 6.72. The quantitative estimate of drug-likeness (QED) is 0.795. The Labute approximate surface area is 145 Å². The topological polar surface area (TPSA) is 58.3 Å². The van der Waals surface area contributed by atoms with Crippen LogP contribution in [0.4, 0.5) is 4.39 Å². The molecule has 0 bridgehead atoms. The number of nitrogens with zero attached hydrogens (tertiary/aromatic N) is 5. The van der Waals surface area contributed by atoms with Crippen LogP contribution < -0.4 is 0 Å². The van der Waals surface area contributed by atoms with Crippen LogP contribution in [-0.4, -0.2) is 57.3 Å². The lowest BCUT2D eigenvalue weighted by molar-refractivity contribution is 0.176. The molecule has 24 heavy (non-hydrogen) atoms. The Hall–Kier alpha value is -1.57. The van der Waals surface area contributed by atoms with E-state index in [-0.39, 0.29) is 6.04 Å². The molecular formula is C16H21ClFN5O. The number of likely N-dealkylation sites (tertiary alicyclic amines) is 1. The maximum atomic E-state index is 13.9. The Morgan fingerprint density at radius 1 is 1.50 bits per heavy atom. The van der Waals surface area contributed by atoms with Gasteiger partial charge in [-0.2, -0.15) is 4.98 Å². The highest BCUT2D eigenvalue weighted by atomic mass is 35.5. The fourth-order valence-corrected chi connectivity index (χ4v) is 3.32. The molecule has 2 atom stereocenters. The van der Waals surface area contributed by atoms with E-state index in [2.05, 4.69) is 24.9 Å². The molecule has 1 saturated heterocycles. The molecule has 130 valence electrons. The molecule has 8 heteroatoms. The molecule has 3 rings (SSSR count). The van der Waals surface area contributed by atoms with Crippen LogP contribution >= 0.6 is 11.6 Å². The zero-order valence-electron chi connectivity index (χ0n) is 13.8. The van der Waals surface area contributed by atoms with Crippen LogP contribution in [0.1, 0.15) is 23.7 Å². The van der Waals surface area contributed by atoms with Gasteiger partial charge >= 0.3 is 0 Å². The van der Waals surface area contributed by atoms with Crippen molar-refractivity contribution in [1.29, 1.82) is 0 Å². The number of aromatic nitrogens is 3. The standard InChI is InChI=1S/C16H21ClFN5O/c1-11-20-16(21-24-11)10-23-8-13(18)5-14(23)9-22(2)7-12-3-4-19-6-15(12)17/h3-4,6,13-14H,5,7-10H2,1-2H3/t13-,14-/m0/s1. The van der Waals surface area contributed by atoms with E-state index in [1.54, 1.807) is 19.3 Å². The van der Waals surface area contributed by atoms with E-state index >= 15 is 0 Å². The van der Waals surface area contributed by atoms with Crippen LogP contribution in [0.5, 0.6) is 0 Å². The first-order valence-corrected chi connectivity index (χ1v) is 8.33. The fourth-order valence-electron chi connectivity index (χ4n) is 3.14. The van der Waals surface area contributed by atoms with Crippen molar-refractivity contribution >= 4 is 11.6 Å². The number of alkyl halides is 1. The van der Waals surface area contributed by atoms with Crippen LogP contribution in [0, 0.1) is 6.92 Å². The number of halogens is 2. The van der Waals surface area contributed by atoms with Gasteiger partial charge in [0.2, 0.25) is 5.89 Å². The van der Waals surface area contributed by atoms with Gasteiger partial charge in [0.1, 0.15) is 6.17 Å². The van der Waals surface area contributed by atoms with Crippen molar-refractivity contribution in [3.05, 3.63) is 40.8 Å². The number of pyridine rings is 1. The summed E-state index contributed by atoms with van der Waals surface area (Å²) in [5.41, 5.74) is 1.02. The van der Waals surface area contributed by atoms with Crippen LogP contribution in [0.25, 0.3) is 0 Å². The van der Waals surface area contributed by atoms with Crippen molar-refractivity contribution in [3.63, 3.8) is 0 Å². The summed E-state index contributed by atoms with van der Waals surface area (Å²) >= 11 is 6.16. The summed E-state index contributed by atoms with van der Waals surface area (Å²) in [4.78, 5) is 12.4. The second-order valence-electron chi connectivity index (χ2n) is 6.31. The zero-order chi connectivity index (χ0) is 17.1. The SMILES string of the molecule is Cc1nc(CN2C[C@@H](F)C[C@H]2CN(C)Cc2ccncc2Cl)no1. The molecule has 0 amide bonds. The van der Waals surface area contributed by atoms with Crippen molar-refractivity contribution in [2.75, 3.05) is 20.1 Å². The lowest BCUT2D eigenvalue weighted by atomic mass is 10.2. The van der Waals surface area contributed by atoms with E-state index in [4.69, 9.17) is 16.1 Å². The van der Waals surface area contributed by atoms with Gasteiger partial charge in [-0.15, -0.1) is 0 Å². The van der Waals surface area contributed by atoms with E-state index in [1.165, 1.54) is 0 Å². The van der Waals surface area contributed by atoms with Gasteiger partial charge in [0.05, 0.1) is 11.6 Å². The molecule has 2 aromatic rings. The van der Waals surface area contributed by atoms with Crippen molar-refractivity contribution in [3.8, 4) is 0 Å². The Balaban J connectivity index is 1.60. The summed E-state index contributed by atoms with van der Waals surface area (Å²) in [5, 5.41) is 4.56. The predicted octanol–water partition coefficient (Wildman–Crippen LogP) is 2.47.